The largest absolute Gasteiger partial charge is 0.336 e. The molecule has 8 heteroatoms. The van der Waals surface area contributed by atoms with Crippen molar-refractivity contribution in [3.63, 3.8) is 0 Å². The number of hydrogen-bond donors (Lipinski definition) is 0. The zero-order valence-electron chi connectivity index (χ0n) is 18.3. The summed E-state index contributed by atoms with van der Waals surface area (Å²) in [6.45, 7) is 3.26. The van der Waals surface area contributed by atoms with Gasteiger partial charge in [-0.15, -0.1) is 0 Å². The van der Waals surface area contributed by atoms with Gasteiger partial charge in [-0.05, 0) is 30.2 Å². The minimum absolute atomic E-state index is 0.0591. The van der Waals surface area contributed by atoms with Crippen molar-refractivity contribution in [1.29, 1.82) is 5.26 Å². The van der Waals surface area contributed by atoms with Gasteiger partial charge in [0.05, 0.1) is 23.7 Å². The van der Waals surface area contributed by atoms with Gasteiger partial charge in [0.25, 0.3) is 5.56 Å². The van der Waals surface area contributed by atoms with E-state index in [1.165, 1.54) is 4.57 Å². The Bertz CT molecular complexity index is 1330. The molecule has 168 valence electrons. The molecule has 33 heavy (non-hydrogen) atoms. The molecule has 0 saturated carbocycles. The van der Waals surface area contributed by atoms with Gasteiger partial charge in [0.15, 0.2) is 0 Å². The fourth-order valence-electron chi connectivity index (χ4n) is 4.84. The Morgan fingerprint density at radius 2 is 1.85 bits per heavy atom. The molecule has 6 nitrogen and oxygen atoms in total. The summed E-state index contributed by atoms with van der Waals surface area (Å²) in [6.07, 6.45) is 0. The number of nitrogens with zero attached hydrogens (tertiary/aromatic N) is 5. The molecule has 0 fully saturated rings. The van der Waals surface area contributed by atoms with Crippen molar-refractivity contribution in [2.45, 2.75) is 39.0 Å². The van der Waals surface area contributed by atoms with E-state index in [0.717, 1.165) is 16.7 Å². The van der Waals surface area contributed by atoms with Gasteiger partial charge in [0.2, 0.25) is 5.95 Å². The molecule has 2 aliphatic heterocycles. The van der Waals surface area contributed by atoms with E-state index < -0.39 is 18.0 Å². The molecule has 2 aromatic carbocycles. The number of halogens is 2. The summed E-state index contributed by atoms with van der Waals surface area (Å²) in [6, 6.07) is 16.9. The van der Waals surface area contributed by atoms with Crippen LogP contribution in [0, 0.1) is 18.3 Å². The molecule has 2 aliphatic rings. The van der Waals surface area contributed by atoms with Crippen molar-refractivity contribution < 1.29 is 8.78 Å². The van der Waals surface area contributed by atoms with Crippen LogP contribution >= 0.6 is 0 Å². The first-order valence-corrected chi connectivity index (χ1v) is 10.9. The third-order valence-corrected chi connectivity index (χ3v) is 6.20. The van der Waals surface area contributed by atoms with Gasteiger partial charge in [0, 0.05) is 32.7 Å². The molecule has 1 aromatic heterocycles. The molecule has 5 rings (SSSR count). The van der Waals surface area contributed by atoms with Crippen molar-refractivity contribution in [3.05, 3.63) is 92.4 Å². The number of alkyl halides is 2. The van der Waals surface area contributed by atoms with Crippen molar-refractivity contribution >= 4 is 5.95 Å². The van der Waals surface area contributed by atoms with Crippen LogP contribution in [0.2, 0.25) is 0 Å². The van der Waals surface area contributed by atoms with Crippen LogP contribution in [0.5, 0.6) is 0 Å². The first kappa shape index (κ1) is 21.3. The second kappa shape index (κ2) is 8.09. The molecule has 0 saturated heterocycles. The van der Waals surface area contributed by atoms with Crippen molar-refractivity contribution in [3.8, 4) is 6.07 Å². The van der Waals surface area contributed by atoms with Crippen molar-refractivity contribution in [2.75, 3.05) is 18.0 Å². The summed E-state index contributed by atoms with van der Waals surface area (Å²) in [7, 11) is 0. The van der Waals surface area contributed by atoms with Crippen LogP contribution < -0.4 is 10.5 Å². The van der Waals surface area contributed by atoms with Gasteiger partial charge in [-0.3, -0.25) is 9.69 Å². The second-order valence-corrected chi connectivity index (χ2v) is 8.77. The van der Waals surface area contributed by atoms with Crippen molar-refractivity contribution in [1.82, 2.24) is 14.5 Å². The first-order chi connectivity index (χ1) is 15.8. The van der Waals surface area contributed by atoms with Gasteiger partial charge < -0.3 is 9.47 Å². The molecule has 0 aliphatic carbocycles. The highest BCUT2D eigenvalue weighted by molar-refractivity contribution is 5.43. The van der Waals surface area contributed by atoms with Gasteiger partial charge >= 0.3 is 5.92 Å². The molecule has 0 N–H and O–H groups in total. The van der Waals surface area contributed by atoms with E-state index in [-0.39, 0.29) is 24.3 Å². The Balaban J connectivity index is 1.46. The Labute approximate surface area is 190 Å². The van der Waals surface area contributed by atoms with Crippen LogP contribution in [0.1, 0.15) is 33.5 Å². The number of anilines is 1. The summed E-state index contributed by atoms with van der Waals surface area (Å²) in [5, 5.41) is 9.10. The smallest absolute Gasteiger partial charge is 0.300 e. The third kappa shape index (κ3) is 4.00. The third-order valence-electron chi connectivity index (χ3n) is 6.20. The van der Waals surface area contributed by atoms with E-state index in [0.29, 0.717) is 31.1 Å². The summed E-state index contributed by atoms with van der Waals surface area (Å²) in [5.74, 6) is -2.87. The molecule has 0 bridgehead atoms. The molecular weight excluding hydrogens is 424 g/mol. The van der Waals surface area contributed by atoms with Gasteiger partial charge in [0.1, 0.15) is 5.69 Å². The van der Waals surface area contributed by atoms with Crippen LogP contribution in [-0.2, 0) is 32.1 Å². The topological polar surface area (TPSA) is 65.2 Å². The van der Waals surface area contributed by atoms with E-state index >= 15 is 8.78 Å². The predicted molar refractivity (Wildman–Crippen MR) is 120 cm³/mol. The highest BCUT2D eigenvalue weighted by Crippen LogP contribution is 2.38. The minimum Gasteiger partial charge on any atom is -0.336 e. The molecule has 0 radical (unpaired) electrons. The average molecular weight is 447 g/mol. The molecule has 3 aromatic rings. The van der Waals surface area contributed by atoms with Crippen LogP contribution in [0.15, 0.2) is 53.3 Å². The van der Waals surface area contributed by atoms with Crippen LogP contribution in [-0.4, -0.2) is 27.5 Å². The molecule has 0 spiro atoms. The Morgan fingerprint density at radius 3 is 2.61 bits per heavy atom. The number of benzene rings is 2. The van der Waals surface area contributed by atoms with E-state index in [9.17, 15) is 4.79 Å². The van der Waals surface area contributed by atoms with E-state index in [1.807, 2.05) is 36.1 Å². The lowest BCUT2D eigenvalue weighted by Gasteiger charge is -2.35. The Hall–Kier alpha value is -3.57. The van der Waals surface area contributed by atoms with Gasteiger partial charge in [-0.1, -0.05) is 42.0 Å². The number of hydrogen-bond acceptors (Lipinski definition) is 5. The van der Waals surface area contributed by atoms with Crippen LogP contribution in [0.3, 0.4) is 0 Å². The lowest BCUT2D eigenvalue weighted by Crippen LogP contribution is -2.45. The van der Waals surface area contributed by atoms with E-state index in [2.05, 4.69) is 11.1 Å². The Kier molecular flexibility index (Phi) is 5.22. The minimum atomic E-state index is -3.18. The Morgan fingerprint density at radius 1 is 1.09 bits per heavy atom. The molecule has 3 heterocycles. The lowest BCUT2D eigenvalue weighted by molar-refractivity contribution is -0.0621. The monoisotopic (exact) mass is 447 g/mol. The normalized spacial score (nSPS) is 16.8. The fraction of sp³-hybridized carbons (Fsp3) is 0.320. The molecule has 0 amide bonds. The van der Waals surface area contributed by atoms with E-state index in [1.54, 1.807) is 29.2 Å². The number of nitriles is 1. The SMILES string of the molecule is Cc1cccc(CN2CCn3c2nc(=O)c2c3C(F)(F)CN(Cc3cccc(C#N)c3)C2)c1. The van der Waals surface area contributed by atoms with Gasteiger partial charge in [-0.25, -0.2) is 0 Å². The summed E-state index contributed by atoms with van der Waals surface area (Å²) in [5.41, 5.74) is 2.66. The molecule has 0 unspecified atom stereocenters. The second-order valence-electron chi connectivity index (χ2n) is 8.77. The van der Waals surface area contributed by atoms with Crippen LogP contribution in [0.25, 0.3) is 0 Å². The van der Waals surface area contributed by atoms with Crippen molar-refractivity contribution in [2.24, 2.45) is 0 Å². The zero-order chi connectivity index (χ0) is 23.2. The number of aromatic nitrogens is 2. The first-order valence-electron chi connectivity index (χ1n) is 10.9. The highest BCUT2D eigenvalue weighted by Gasteiger charge is 2.46. The predicted octanol–water partition coefficient (Wildman–Crippen LogP) is 3.55. The highest BCUT2D eigenvalue weighted by atomic mass is 19.3. The standard InChI is InChI=1S/C25H23F2N5O/c1-17-4-2-6-19(10-17)14-31-8-9-32-22-21(23(33)29-24(31)32)15-30(16-25(22,26)27)13-20-7-3-5-18(11-20)12-28/h2-7,10-11H,8-9,13-16H2,1H3. The zero-order valence-corrected chi connectivity index (χ0v) is 18.3. The van der Waals surface area contributed by atoms with Crippen LogP contribution in [0.4, 0.5) is 14.7 Å². The summed E-state index contributed by atoms with van der Waals surface area (Å²) < 4.78 is 32.4. The number of rotatable bonds is 4. The maximum atomic E-state index is 15.4. The van der Waals surface area contributed by atoms with Gasteiger partial charge in [-0.2, -0.15) is 19.0 Å². The maximum absolute atomic E-state index is 15.4. The molecule has 0 atom stereocenters. The fourth-order valence-corrected chi connectivity index (χ4v) is 4.84. The summed E-state index contributed by atoms with van der Waals surface area (Å²) >= 11 is 0. The van der Waals surface area contributed by atoms with E-state index in [4.69, 9.17) is 5.26 Å². The maximum Gasteiger partial charge on any atom is 0.300 e. The quantitative estimate of drug-likeness (QED) is 0.612. The summed E-state index contributed by atoms with van der Waals surface area (Å²) in [4.78, 5) is 20.6. The average Bonchev–Trinajstić information content (AvgIpc) is 3.15. The molecular formula is C25H23F2N5O. The lowest BCUT2D eigenvalue weighted by atomic mass is 10.0. The number of aryl methyl sites for hydroxylation is 1. The number of fused-ring (bicyclic) bond motifs is 3.